The van der Waals surface area contributed by atoms with Crippen molar-refractivity contribution < 1.29 is 0 Å². The van der Waals surface area contributed by atoms with Crippen LogP contribution in [0.5, 0.6) is 0 Å². The van der Waals surface area contributed by atoms with Gasteiger partial charge in [0.25, 0.3) is 0 Å². The fourth-order valence-corrected chi connectivity index (χ4v) is 3.93. The predicted molar refractivity (Wildman–Crippen MR) is 74.0 cm³/mol. The van der Waals surface area contributed by atoms with E-state index in [1.54, 1.807) is 0 Å². The number of nitrogens with two attached hydrogens (primary N) is 1. The molecule has 0 amide bonds. The SMILES string of the molecule is CCCC1CCN(C2CCCCC2CN)CC1. The summed E-state index contributed by atoms with van der Waals surface area (Å²) in [4.78, 5) is 2.77. The normalized spacial score (nSPS) is 32.8. The Balaban J connectivity index is 1.82. The van der Waals surface area contributed by atoms with E-state index in [1.165, 1.54) is 64.5 Å². The van der Waals surface area contributed by atoms with Crippen LogP contribution in [0.25, 0.3) is 0 Å². The highest BCUT2D eigenvalue weighted by molar-refractivity contribution is 4.86. The molecule has 2 rings (SSSR count). The highest BCUT2D eigenvalue weighted by Crippen LogP contribution is 2.31. The first kappa shape index (κ1) is 13.4. The molecule has 100 valence electrons. The van der Waals surface area contributed by atoms with Crippen LogP contribution in [0.3, 0.4) is 0 Å². The minimum atomic E-state index is 0.784. The molecule has 0 aromatic rings. The summed E-state index contributed by atoms with van der Waals surface area (Å²) in [6.07, 6.45) is 11.3. The lowest BCUT2D eigenvalue weighted by molar-refractivity contribution is 0.0694. The van der Waals surface area contributed by atoms with Gasteiger partial charge in [0, 0.05) is 6.04 Å². The average Bonchev–Trinajstić information content (AvgIpc) is 2.40. The van der Waals surface area contributed by atoms with Gasteiger partial charge in [0.1, 0.15) is 0 Å². The summed E-state index contributed by atoms with van der Waals surface area (Å²) in [5, 5.41) is 0. The molecule has 2 nitrogen and oxygen atoms in total. The van der Waals surface area contributed by atoms with Crippen molar-refractivity contribution in [2.75, 3.05) is 19.6 Å². The zero-order chi connectivity index (χ0) is 12.1. The quantitative estimate of drug-likeness (QED) is 0.816. The number of piperidine rings is 1. The monoisotopic (exact) mass is 238 g/mol. The highest BCUT2D eigenvalue weighted by Gasteiger charge is 2.31. The predicted octanol–water partition coefficient (Wildman–Crippen LogP) is 3.02. The Hall–Kier alpha value is -0.0800. The van der Waals surface area contributed by atoms with Crippen molar-refractivity contribution in [3.63, 3.8) is 0 Å². The second-order valence-electron chi connectivity index (χ2n) is 6.12. The first-order valence-electron chi connectivity index (χ1n) is 7.79. The molecule has 1 saturated heterocycles. The van der Waals surface area contributed by atoms with Gasteiger partial charge in [-0.25, -0.2) is 0 Å². The van der Waals surface area contributed by atoms with E-state index in [2.05, 4.69) is 11.8 Å². The molecule has 2 heteroatoms. The van der Waals surface area contributed by atoms with E-state index in [0.29, 0.717) is 0 Å². The third kappa shape index (κ3) is 3.45. The highest BCUT2D eigenvalue weighted by atomic mass is 15.2. The van der Waals surface area contributed by atoms with Crippen LogP contribution in [-0.2, 0) is 0 Å². The molecule has 0 aromatic carbocycles. The van der Waals surface area contributed by atoms with Gasteiger partial charge < -0.3 is 10.6 Å². The molecule has 2 unspecified atom stereocenters. The Morgan fingerprint density at radius 1 is 1.06 bits per heavy atom. The second-order valence-corrected chi connectivity index (χ2v) is 6.12. The molecule has 1 aliphatic carbocycles. The maximum Gasteiger partial charge on any atom is 0.0136 e. The molecule has 2 atom stereocenters. The Kier molecular flexibility index (Phi) is 5.30. The van der Waals surface area contributed by atoms with E-state index in [-0.39, 0.29) is 0 Å². The van der Waals surface area contributed by atoms with E-state index in [0.717, 1.165) is 24.4 Å². The van der Waals surface area contributed by atoms with E-state index < -0.39 is 0 Å². The molecule has 2 N–H and O–H groups in total. The van der Waals surface area contributed by atoms with Crippen LogP contribution in [0, 0.1) is 11.8 Å². The summed E-state index contributed by atoms with van der Waals surface area (Å²) in [5.74, 6) is 1.79. The van der Waals surface area contributed by atoms with Gasteiger partial charge in [0.15, 0.2) is 0 Å². The minimum Gasteiger partial charge on any atom is -0.330 e. The fourth-order valence-electron chi connectivity index (χ4n) is 3.93. The first-order valence-corrected chi connectivity index (χ1v) is 7.79. The largest absolute Gasteiger partial charge is 0.330 e. The maximum absolute atomic E-state index is 5.95. The summed E-state index contributed by atoms with van der Waals surface area (Å²) in [7, 11) is 0. The topological polar surface area (TPSA) is 29.3 Å². The third-order valence-corrected chi connectivity index (χ3v) is 4.99. The molecule has 0 spiro atoms. The van der Waals surface area contributed by atoms with Gasteiger partial charge in [-0.05, 0) is 57.2 Å². The Morgan fingerprint density at radius 2 is 1.76 bits per heavy atom. The average molecular weight is 238 g/mol. The van der Waals surface area contributed by atoms with E-state index >= 15 is 0 Å². The van der Waals surface area contributed by atoms with Crippen molar-refractivity contribution in [3.05, 3.63) is 0 Å². The summed E-state index contributed by atoms with van der Waals surface area (Å²) in [6.45, 7) is 5.90. The smallest absolute Gasteiger partial charge is 0.0136 e. The van der Waals surface area contributed by atoms with Crippen LogP contribution >= 0.6 is 0 Å². The van der Waals surface area contributed by atoms with Gasteiger partial charge in [-0.3, -0.25) is 0 Å². The van der Waals surface area contributed by atoms with Crippen LogP contribution < -0.4 is 5.73 Å². The van der Waals surface area contributed by atoms with E-state index in [4.69, 9.17) is 5.73 Å². The summed E-state index contributed by atoms with van der Waals surface area (Å²) < 4.78 is 0. The lowest BCUT2D eigenvalue weighted by atomic mass is 9.81. The maximum atomic E-state index is 5.95. The van der Waals surface area contributed by atoms with E-state index in [1.807, 2.05) is 0 Å². The van der Waals surface area contributed by atoms with Gasteiger partial charge in [0.05, 0.1) is 0 Å². The number of likely N-dealkylation sites (tertiary alicyclic amines) is 1. The third-order valence-electron chi connectivity index (χ3n) is 4.99. The Bertz CT molecular complexity index is 209. The number of hydrogen-bond donors (Lipinski definition) is 1. The number of nitrogens with zero attached hydrogens (tertiary/aromatic N) is 1. The van der Waals surface area contributed by atoms with Crippen LogP contribution in [0.15, 0.2) is 0 Å². The fraction of sp³-hybridized carbons (Fsp3) is 1.00. The van der Waals surface area contributed by atoms with Crippen LogP contribution in [0.4, 0.5) is 0 Å². The molecule has 2 aliphatic rings. The lowest BCUT2D eigenvalue weighted by Crippen LogP contribution is -2.48. The number of rotatable bonds is 4. The Labute approximate surface area is 107 Å². The van der Waals surface area contributed by atoms with Crippen molar-refractivity contribution in [1.82, 2.24) is 4.90 Å². The molecular weight excluding hydrogens is 208 g/mol. The van der Waals surface area contributed by atoms with Crippen molar-refractivity contribution in [2.24, 2.45) is 17.6 Å². The van der Waals surface area contributed by atoms with Crippen molar-refractivity contribution >= 4 is 0 Å². The van der Waals surface area contributed by atoms with Gasteiger partial charge in [0.2, 0.25) is 0 Å². The number of hydrogen-bond acceptors (Lipinski definition) is 2. The van der Waals surface area contributed by atoms with E-state index in [9.17, 15) is 0 Å². The zero-order valence-corrected chi connectivity index (χ0v) is 11.5. The van der Waals surface area contributed by atoms with Gasteiger partial charge in [-0.15, -0.1) is 0 Å². The van der Waals surface area contributed by atoms with Crippen molar-refractivity contribution in [3.8, 4) is 0 Å². The molecule has 0 bridgehead atoms. The first-order chi connectivity index (χ1) is 8.35. The summed E-state index contributed by atoms with van der Waals surface area (Å²) >= 11 is 0. The standard InChI is InChI=1S/C15H30N2/c1-2-5-13-8-10-17(11-9-13)15-7-4-3-6-14(15)12-16/h13-15H,2-12,16H2,1H3. The molecule has 17 heavy (non-hydrogen) atoms. The van der Waals surface area contributed by atoms with Gasteiger partial charge in [-0.2, -0.15) is 0 Å². The van der Waals surface area contributed by atoms with Crippen molar-refractivity contribution in [1.29, 1.82) is 0 Å². The molecule has 0 radical (unpaired) electrons. The summed E-state index contributed by atoms with van der Waals surface area (Å²) in [6, 6.07) is 0.816. The minimum absolute atomic E-state index is 0.784. The molecular formula is C15H30N2. The zero-order valence-electron chi connectivity index (χ0n) is 11.5. The molecule has 2 fully saturated rings. The molecule has 0 aromatic heterocycles. The van der Waals surface area contributed by atoms with Crippen molar-refractivity contribution in [2.45, 2.75) is 64.3 Å². The van der Waals surface area contributed by atoms with Gasteiger partial charge >= 0.3 is 0 Å². The van der Waals surface area contributed by atoms with Gasteiger partial charge in [-0.1, -0.05) is 32.6 Å². The molecule has 1 aliphatic heterocycles. The summed E-state index contributed by atoms with van der Waals surface area (Å²) in [5.41, 5.74) is 5.95. The van der Waals surface area contributed by atoms with Crippen LogP contribution in [0.1, 0.15) is 58.3 Å². The lowest BCUT2D eigenvalue weighted by Gasteiger charge is -2.43. The molecule has 1 heterocycles. The second kappa shape index (κ2) is 6.75. The van der Waals surface area contributed by atoms with Crippen LogP contribution in [0.2, 0.25) is 0 Å². The Morgan fingerprint density at radius 3 is 2.41 bits per heavy atom. The molecule has 1 saturated carbocycles. The van der Waals surface area contributed by atoms with Crippen LogP contribution in [-0.4, -0.2) is 30.6 Å².